The van der Waals surface area contributed by atoms with Gasteiger partial charge in [-0.2, -0.15) is 0 Å². The van der Waals surface area contributed by atoms with Gasteiger partial charge in [0, 0.05) is 12.0 Å². The number of para-hydroxylation sites is 1. The maximum absolute atomic E-state index is 10.8. The molecule has 0 aliphatic carbocycles. The van der Waals surface area contributed by atoms with Crippen LogP contribution in [0.3, 0.4) is 0 Å². The van der Waals surface area contributed by atoms with E-state index >= 15 is 0 Å². The fourth-order valence-corrected chi connectivity index (χ4v) is 2.00. The highest BCUT2D eigenvalue weighted by Gasteiger charge is 2.04. The monoisotopic (exact) mass is 255 g/mol. The Kier molecular flexibility index (Phi) is 4.18. The van der Waals surface area contributed by atoms with Crippen LogP contribution in [0.4, 0.5) is 0 Å². The van der Waals surface area contributed by atoms with Crippen molar-refractivity contribution in [3.8, 4) is 16.9 Å². The summed E-state index contributed by atoms with van der Waals surface area (Å²) >= 11 is 0. The highest BCUT2D eigenvalue weighted by atomic mass is 16.5. The van der Waals surface area contributed by atoms with Crippen molar-refractivity contribution in [2.75, 3.05) is 7.11 Å². The number of benzene rings is 2. The Hall–Kier alpha value is -2.29. The maximum Gasteiger partial charge on any atom is 0.217 e. The molecule has 0 saturated carbocycles. The lowest BCUT2D eigenvalue weighted by Crippen LogP contribution is -2.11. The number of primary amides is 1. The van der Waals surface area contributed by atoms with Crippen LogP contribution in [0.25, 0.3) is 11.1 Å². The van der Waals surface area contributed by atoms with Gasteiger partial charge in [0.2, 0.25) is 5.91 Å². The first-order valence-electron chi connectivity index (χ1n) is 6.21. The van der Waals surface area contributed by atoms with Gasteiger partial charge in [-0.05, 0) is 23.6 Å². The second kappa shape index (κ2) is 6.05. The number of hydrogen-bond donors (Lipinski definition) is 1. The number of hydrogen-bond acceptors (Lipinski definition) is 2. The van der Waals surface area contributed by atoms with Gasteiger partial charge in [-0.25, -0.2) is 0 Å². The summed E-state index contributed by atoms with van der Waals surface area (Å²) in [5.41, 5.74) is 8.41. The lowest BCUT2D eigenvalue weighted by Gasteiger charge is -2.09. The molecule has 0 aliphatic heterocycles. The standard InChI is InChI=1S/C16H17NO2/c1-19-15-5-3-2-4-14(15)13-9-6-12(7-10-13)8-11-16(17)18/h2-7,9-10H,8,11H2,1H3,(H2,17,18). The number of methoxy groups -OCH3 is 1. The largest absolute Gasteiger partial charge is 0.496 e. The lowest BCUT2D eigenvalue weighted by molar-refractivity contribution is -0.117. The van der Waals surface area contributed by atoms with E-state index in [1.165, 1.54) is 0 Å². The van der Waals surface area contributed by atoms with Crippen LogP contribution in [0.1, 0.15) is 12.0 Å². The quantitative estimate of drug-likeness (QED) is 0.893. The third-order valence-electron chi connectivity index (χ3n) is 3.03. The summed E-state index contributed by atoms with van der Waals surface area (Å²) in [6, 6.07) is 16.0. The Morgan fingerprint density at radius 1 is 1.11 bits per heavy atom. The first kappa shape index (κ1) is 13.1. The Bertz CT molecular complexity index is 561. The number of carbonyl (C=O) groups excluding carboxylic acids is 1. The van der Waals surface area contributed by atoms with Crippen molar-refractivity contribution in [2.45, 2.75) is 12.8 Å². The summed E-state index contributed by atoms with van der Waals surface area (Å²) in [5.74, 6) is 0.584. The minimum Gasteiger partial charge on any atom is -0.496 e. The van der Waals surface area contributed by atoms with E-state index in [1.54, 1.807) is 7.11 Å². The average molecular weight is 255 g/mol. The van der Waals surface area contributed by atoms with Crippen LogP contribution < -0.4 is 10.5 Å². The lowest BCUT2D eigenvalue weighted by atomic mass is 10.0. The van der Waals surface area contributed by atoms with Gasteiger partial charge >= 0.3 is 0 Å². The average Bonchev–Trinajstić information content (AvgIpc) is 2.45. The number of carbonyl (C=O) groups is 1. The van der Waals surface area contributed by atoms with Crippen LogP contribution in [0, 0.1) is 0 Å². The second-order valence-electron chi connectivity index (χ2n) is 4.36. The Labute approximate surface area is 113 Å². The van der Waals surface area contributed by atoms with Crippen LogP contribution in [0.2, 0.25) is 0 Å². The van der Waals surface area contributed by atoms with Gasteiger partial charge in [0.05, 0.1) is 7.11 Å². The van der Waals surface area contributed by atoms with Crippen molar-refractivity contribution in [2.24, 2.45) is 5.73 Å². The van der Waals surface area contributed by atoms with Crippen molar-refractivity contribution >= 4 is 5.91 Å². The molecular weight excluding hydrogens is 238 g/mol. The molecule has 0 heterocycles. The van der Waals surface area contributed by atoms with Crippen molar-refractivity contribution in [3.05, 3.63) is 54.1 Å². The van der Waals surface area contributed by atoms with Crippen LogP contribution in [-0.4, -0.2) is 13.0 Å². The van der Waals surface area contributed by atoms with Crippen LogP contribution >= 0.6 is 0 Å². The van der Waals surface area contributed by atoms with Gasteiger partial charge in [0.1, 0.15) is 5.75 Å². The van der Waals surface area contributed by atoms with Crippen molar-refractivity contribution in [1.29, 1.82) is 0 Å². The van der Waals surface area contributed by atoms with Crippen molar-refractivity contribution in [3.63, 3.8) is 0 Å². The zero-order valence-electron chi connectivity index (χ0n) is 10.9. The van der Waals surface area contributed by atoms with E-state index in [0.717, 1.165) is 22.4 Å². The summed E-state index contributed by atoms with van der Waals surface area (Å²) in [6.07, 6.45) is 1.07. The molecule has 0 spiro atoms. The first-order valence-corrected chi connectivity index (χ1v) is 6.21. The SMILES string of the molecule is COc1ccccc1-c1ccc(CCC(N)=O)cc1. The predicted octanol–water partition coefficient (Wildman–Crippen LogP) is 2.78. The van der Waals surface area contributed by atoms with Gasteiger partial charge in [-0.15, -0.1) is 0 Å². The third kappa shape index (κ3) is 3.35. The van der Waals surface area contributed by atoms with E-state index < -0.39 is 0 Å². The zero-order chi connectivity index (χ0) is 13.7. The molecule has 98 valence electrons. The molecule has 0 unspecified atom stereocenters. The molecule has 2 aromatic rings. The van der Waals surface area contributed by atoms with Gasteiger partial charge in [-0.1, -0.05) is 42.5 Å². The Balaban J connectivity index is 2.20. The zero-order valence-corrected chi connectivity index (χ0v) is 10.9. The number of aryl methyl sites for hydroxylation is 1. The molecule has 0 bridgehead atoms. The minimum atomic E-state index is -0.270. The van der Waals surface area contributed by atoms with Crippen molar-refractivity contribution in [1.82, 2.24) is 0 Å². The number of rotatable bonds is 5. The molecule has 3 nitrogen and oxygen atoms in total. The normalized spacial score (nSPS) is 10.2. The van der Waals surface area contributed by atoms with Crippen molar-refractivity contribution < 1.29 is 9.53 Å². The molecule has 0 radical (unpaired) electrons. The van der Waals surface area contributed by atoms with Crippen LogP contribution in [-0.2, 0) is 11.2 Å². The molecule has 2 rings (SSSR count). The molecule has 0 aliphatic rings. The molecule has 2 N–H and O–H groups in total. The Morgan fingerprint density at radius 2 is 1.79 bits per heavy atom. The van der Waals surface area contributed by atoms with Gasteiger partial charge in [-0.3, -0.25) is 4.79 Å². The molecule has 0 atom stereocenters. The molecule has 3 heteroatoms. The number of nitrogens with two attached hydrogens (primary N) is 1. The van der Waals surface area contributed by atoms with E-state index in [1.807, 2.05) is 48.5 Å². The highest BCUT2D eigenvalue weighted by molar-refractivity contribution is 5.74. The van der Waals surface area contributed by atoms with E-state index in [4.69, 9.17) is 10.5 Å². The molecule has 19 heavy (non-hydrogen) atoms. The summed E-state index contributed by atoms with van der Waals surface area (Å²) in [5, 5.41) is 0. The van der Waals surface area contributed by atoms with E-state index in [-0.39, 0.29) is 5.91 Å². The summed E-state index contributed by atoms with van der Waals surface area (Å²) in [4.78, 5) is 10.8. The molecule has 0 aromatic heterocycles. The Morgan fingerprint density at radius 3 is 2.42 bits per heavy atom. The van der Waals surface area contributed by atoms with E-state index in [2.05, 4.69) is 0 Å². The number of amides is 1. The van der Waals surface area contributed by atoms with Crippen LogP contribution in [0.15, 0.2) is 48.5 Å². The molecule has 2 aromatic carbocycles. The predicted molar refractivity (Wildman–Crippen MR) is 75.9 cm³/mol. The minimum absolute atomic E-state index is 0.270. The molecule has 1 amide bonds. The molecular formula is C16H17NO2. The van der Waals surface area contributed by atoms with Gasteiger partial charge in [0.25, 0.3) is 0 Å². The summed E-state index contributed by atoms with van der Waals surface area (Å²) in [6.45, 7) is 0. The summed E-state index contributed by atoms with van der Waals surface area (Å²) < 4.78 is 5.35. The van der Waals surface area contributed by atoms with Gasteiger partial charge < -0.3 is 10.5 Å². The third-order valence-corrected chi connectivity index (χ3v) is 3.03. The van der Waals surface area contributed by atoms with E-state index in [0.29, 0.717) is 12.8 Å². The second-order valence-corrected chi connectivity index (χ2v) is 4.36. The smallest absolute Gasteiger partial charge is 0.217 e. The van der Waals surface area contributed by atoms with Gasteiger partial charge in [0.15, 0.2) is 0 Å². The highest BCUT2D eigenvalue weighted by Crippen LogP contribution is 2.29. The fraction of sp³-hybridized carbons (Fsp3) is 0.188. The fourth-order valence-electron chi connectivity index (χ4n) is 2.00. The number of ether oxygens (including phenoxy) is 1. The maximum atomic E-state index is 10.8. The molecule has 0 saturated heterocycles. The first-order chi connectivity index (χ1) is 9.20. The summed E-state index contributed by atoms with van der Waals surface area (Å²) in [7, 11) is 1.67. The van der Waals surface area contributed by atoms with E-state index in [9.17, 15) is 4.79 Å². The molecule has 0 fully saturated rings. The topological polar surface area (TPSA) is 52.3 Å². The van der Waals surface area contributed by atoms with Crippen LogP contribution in [0.5, 0.6) is 5.75 Å².